The van der Waals surface area contributed by atoms with Gasteiger partial charge in [-0.05, 0) is 74.3 Å². The summed E-state index contributed by atoms with van der Waals surface area (Å²) in [6.45, 7) is 0. The van der Waals surface area contributed by atoms with Crippen molar-refractivity contribution < 1.29 is 4.42 Å². The van der Waals surface area contributed by atoms with Gasteiger partial charge >= 0.3 is 0 Å². The zero-order chi connectivity index (χ0) is 27.9. The van der Waals surface area contributed by atoms with E-state index in [1.165, 1.54) is 60.1 Å². The third-order valence-corrected chi connectivity index (χ3v) is 8.77. The van der Waals surface area contributed by atoms with Crippen LogP contribution in [0.4, 0.5) is 0 Å². The summed E-state index contributed by atoms with van der Waals surface area (Å²) in [6, 6.07) is 54.8. The second-order valence-electron chi connectivity index (χ2n) is 11.2. The van der Waals surface area contributed by atoms with Crippen LogP contribution >= 0.6 is 0 Å². The Bertz CT molecular complexity index is 2130. The molecule has 8 aromatic rings. The number of benzene rings is 7. The normalized spacial score (nSPS) is 11.7. The molecule has 0 radical (unpaired) electrons. The lowest BCUT2D eigenvalue weighted by molar-refractivity contribution is 0.664. The monoisotopic (exact) mass is 538 g/mol. The standard InChI is InChI=1S/C41H30O/c1-3-10-29(11-4-1)33(30-12-5-2-6-13-30)25-22-28-20-23-31(24-21-28)34-26-27-39-41-35(34)17-9-18-37(41)36-16-7-14-32-15-8-19-38(42-39)40(32)36/h1-21,23-24,26-27,33H,22,25H2. The van der Waals surface area contributed by atoms with Crippen molar-refractivity contribution in [3.05, 3.63) is 168 Å². The SMILES string of the molecule is c1ccc(C(CCc2ccc(-c3ccc4oc5cccc6cccc(c7cccc3c47)c65)cc2)c2ccccc2)cc1. The predicted molar refractivity (Wildman–Crippen MR) is 177 cm³/mol. The second kappa shape index (κ2) is 10.4. The highest BCUT2D eigenvalue weighted by Crippen LogP contribution is 2.40. The molecule has 1 aromatic heterocycles. The van der Waals surface area contributed by atoms with Gasteiger partial charge in [0.15, 0.2) is 0 Å². The van der Waals surface area contributed by atoms with Crippen LogP contribution in [0.25, 0.3) is 54.6 Å². The lowest BCUT2D eigenvalue weighted by Gasteiger charge is -2.18. The van der Waals surface area contributed by atoms with Crippen LogP contribution in [-0.4, -0.2) is 0 Å². The lowest BCUT2D eigenvalue weighted by atomic mass is 9.86. The molecule has 0 aliphatic carbocycles. The summed E-state index contributed by atoms with van der Waals surface area (Å²) in [5.41, 5.74) is 8.40. The third-order valence-electron chi connectivity index (χ3n) is 8.77. The average molecular weight is 539 g/mol. The molecule has 0 N–H and O–H groups in total. The van der Waals surface area contributed by atoms with E-state index in [2.05, 4.69) is 152 Å². The van der Waals surface area contributed by atoms with Crippen LogP contribution in [0.5, 0.6) is 0 Å². The van der Waals surface area contributed by atoms with Crippen molar-refractivity contribution in [2.45, 2.75) is 18.8 Å². The van der Waals surface area contributed by atoms with Crippen molar-refractivity contribution in [2.24, 2.45) is 0 Å². The van der Waals surface area contributed by atoms with E-state index in [0.29, 0.717) is 5.92 Å². The molecule has 0 aliphatic rings. The minimum absolute atomic E-state index is 0.380. The maximum Gasteiger partial charge on any atom is 0.135 e. The van der Waals surface area contributed by atoms with Crippen LogP contribution in [-0.2, 0) is 6.42 Å². The molecule has 0 atom stereocenters. The Labute approximate surface area is 245 Å². The summed E-state index contributed by atoms with van der Waals surface area (Å²) >= 11 is 0. The fourth-order valence-corrected chi connectivity index (χ4v) is 6.73. The number of rotatable bonds is 6. The lowest BCUT2D eigenvalue weighted by Crippen LogP contribution is -2.03. The fraction of sp³-hybridized carbons (Fsp3) is 0.0732. The molecule has 1 heterocycles. The molecule has 0 unspecified atom stereocenters. The first-order valence-corrected chi connectivity index (χ1v) is 14.8. The smallest absolute Gasteiger partial charge is 0.135 e. The minimum atomic E-state index is 0.380. The van der Waals surface area contributed by atoms with Gasteiger partial charge in [0.25, 0.3) is 0 Å². The molecule has 8 rings (SSSR count). The van der Waals surface area contributed by atoms with Crippen LogP contribution in [0.15, 0.2) is 156 Å². The Morgan fingerprint density at radius 3 is 1.76 bits per heavy atom. The molecule has 0 fully saturated rings. The summed E-state index contributed by atoms with van der Waals surface area (Å²) in [5.74, 6) is 0.380. The highest BCUT2D eigenvalue weighted by atomic mass is 16.3. The Kier molecular flexibility index (Phi) is 6.08. The van der Waals surface area contributed by atoms with Gasteiger partial charge in [-0.2, -0.15) is 0 Å². The first kappa shape index (κ1) is 24.6. The molecule has 0 bridgehead atoms. The molecule has 200 valence electrons. The molecule has 0 saturated carbocycles. The molecule has 0 aliphatic heterocycles. The van der Waals surface area contributed by atoms with Crippen LogP contribution in [0.2, 0.25) is 0 Å². The van der Waals surface area contributed by atoms with Gasteiger partial charge in [-0.1, -0.05) is 140 Å². The topological polar surface area (TPSA) is 13.1 Å². The van der Waals surface area contributed by atoms with E-state index in [4.69, 9.17) is 4.42 Å². The van der Waals surface area contributed by atoms with E-state index in [0.717, 1.165) is 24.0 Å². The van der Waals surface area contributed by atoms with Crippen molar-refractivity contribution in [3.8, 4) is 11.1 Å². The molecule has 42 heavy (non-hydrogen) atoms. The van der Waals surface area contributed by atoms with Gasteiger partial charge in [0.05, 0.1) is 0 Å². The van der Waals surface area contributed by atoms with Crippen molar-refractivity contribution in [1.29, 1.82) is 0 Å². The molecule has 0 amide bonds. The minimum Gasteiger partial charge on any atom is -0.456 e. The Morgan fingerprint density at radius 1 is 0.452 bits per heavy atom. The molecule has 7 aromatic carbocycles. The van der Waals surface area contributed by atoms with Gasteiger partial charge in [-0.3, -0.25) is 0 Å². The van der Waals surface area contributed by atoms with E-state index in [1.807, 2.05) is 0 Å². The van der Waals surface area contributed by atoms with Gasteiger partial charge < -0.3 is 4.42 Å². The maximum atomic E-state index is 6.58. The Hall–Kier alpha value is -5.14. The largest absolute Gasteiger partial charge is 0.456 e. The summed E-state index contributed by atoms with van der Waals surface area (Å²) in [6.07, 6.45) is 2.09. The number of aryl methyl sites for hydroxylation is 1. The molecular weight excluding hydrogens is 508 g/mol. The van der Waals surface area contributed by atoms with E-state index in [1.54, 1.807) is 0 Å². The molecule has 0 spiro atoms. The maximum absolute atomic E-state index is 6.58. The van der Waals surface area contributed by atoms with Crippen molar-refractivity contribution in [2.75, 3.05) is 0 Å². The first-order chi connectivity index (χ1) is 20.8. The molecule has 0 saturated heterocycles. The van der Waals surface area contributed by atoms with Gasteiger partial charge in [-0.15, -0.1) is 0 Å². The summed E-state index contributed by atoms with van der Waals surface area (Å²) in [4.78, 5) is 0. The van der Waals surface area contributed by atoms with E-state index >= 15 is 0 Å². The van der Waals surface area contributed by atoms with E-state index in [9.17, 15) is 0 Å². The summed E-state index contributed by atoms with van der Waals surface area (Å²) in [7, 11) is 0. The zero-order valence-electron chi connectivity index (χ0n) is 23.3. The number of hydrogen-bond donors (Lipinski definition) is 0. The zero-order valence-corrected chi connectivity index (χ0v) is 23.3. The Morgan fingerprint density at radius 2 is 1.05 bits per heavy atom. The summed E-state index contributed by atoms with van der Waals surface area (Å²) < 4.78 is 6.58. The molecule has 1 nitrogen and oxygen atoms in total. The van der Waals surface area contributed by atoms with E-state index in [-0.39, 0.29) is 0 Å². The van der Waals surface area contributed by atoms with Gasteiger partial charge in [-0.25, -0.2) is 0 Å². The average Bonchev–Trinajstić information content (AvgIpc) is 3.20. The van der Waals surface area contributed by atoms with Crippen molar-refractivity contribution in [1.82, 2.24) is 0 Å². The van der Waals surface area contributed by atoms with Crippen LogP contribution < -0.4 is 0 Å². The second-order valence-corrected chi connectivity index (χ2v) is 11.2. The highest BCUT2D eigenvalue weighted by molar-refractivity contribution is 6.24. The van der Waals surface area contributed by atoms with Crippen LogP contribution in [0, 0.1) is 0 Å². The van der Waals surface area contributed by atoms with E-state index < -0.39 is 0 Å². The predicted octanol–water partition coefficient (Wildman–Crippen LogP) is 11.3. The van der Waals surface area contributed by atoms with Gasteiger partial charge in [0.1, 0.15) is 11.2 Å². The van der Waals surface area contributed by atoms with Crippen LogP contribution in [0.3, 0.4) is 0 Å². The van der Waals surface area contributed by atoms with Crippen molar-refractivity contribution in [3.63, 3.8) is 0 Å². The first-order valence-electron chi connectivity index (χ1n) is 14.8. The highest BCUT2D eigenvalue weighted by Gasteiger charge is 2.16. The molecular formula is C41H30O. The third kappa shape index (κ3) is 4.26. The van der Waals surface area contributed by atoms with Crippen molar-refractivity contribution >= 4 is 43.5 Å². The number of hydrogen-bond acceptors (Lipinski definition) is 1. The van der Waals surface area contributed by atoms with Gasteiger partial charge in [0.2, 0.25) is 0 Å². The van der Waals surface area contributed by atoms with Crippen LogP contribution in [0.1, 0.15) is 29.0 Å². The van der Waals surface area contributed by atoms with Gasteiger partial charge in [0, 0.05) is 16.7 Å². The quantitative estimate of drug-likeness (QED) is 0.205. The Balaban J connectivity index is 1.17. The number of fused-ring (bicyclic) bond motifs is 1. The summed E-state index contributed by atoms with van der Waals surface area (Å²) in [5, 5.41) is 7.23. The fourth-order valence-electron chi connectivity index (χ4n) is 6.73. The molecule has 1 heteroatoms.